The fraction of sp³-hybridized carbons (Fsp3) is 0.833. The van der Waals surface area contributed by atoms with Crippen LogP contribution < -0.4 is 0 Å². The van der Waals surface area contributed by atoms with Gasteiger partial charge in [-0.2, -0.15) is 0 Å². The van der Waals surface area contributed by atoms with E-state index in [0.29, 0.717) is 6.61 Å². The maximum absolute atomic E-state index is 8.13. The molecule has 1 saturated heterocycles. The van der Waals surface area contributed by atoms with E-state index in [1.165, 1.54) is 6.21 Å². The van der Waals surface area contributed by atoms with Gasteiger partial charge in [0.1, 0.15) is 6.10 Å². The van der Waals surface area contributed by atoms with E-state index < -0.39 is 5.79 Å². The molecule has 0 saturated carbocycles. The van der Waals surface area contributed by atoms with Gasteiger partial charge >= 0.3 is 0 Å². The molecule has 10 heavy (non-hydrogen) atoms. The largest absolute Gasteiger partial charge is 0.411 e. The summed E-state index contributed by atoms with van der Waals surface area (Å²) in [7, 11) is 0. The van der Waals surface area contributed by atoms with Crippen molar-refractivity contribution in [1.82, 2.24) is 0 Å². The van der Waals surface area contributed by atoms with Crippen LogP contribution >= 0.6 is 0 Å². The fourth-order valence-electron chi connectivity index (χ4n) is 0.863. The molecule has 4 heteroatoms. The summed E-state index contributed by atoms with van der Waals surface area (Å²) in [5.41, 5.74) is 0. The second-order valence-corrected chi connectivity index (χ2v) is 2.63. The van der Waals surface area contributed by atoms with Crippen LogP contribution in [0.2, 0.25) is 0 Å². The first-order valence-corrected chi connectivity index (χ1v) is 3.13. The molecule has 0 radical (unpaired) electrons. The number of ether oxygens (including phenoxy) is 2. The van der Waals surface area contributed by atoms with E-state index in [-0.39, 0.29) is 6.10 Å². The Hall–Kier alpha value is -0.610. The zero-order valence-electron chi connectivity index (χ0n) is 6.07. The lowest BCUT2D eigenvalue weighted by molar-refractivity contribution is -0.131. The Morgan fingerprint density at radius 2 is 2.40 bits per heavy atom. The summed E-state index contributed by atoms with van der Waals surface area (Å²) in [6, 6.07) is 0. The minimum atomic E-state index is -0.536. The average molecular weight is 145 g/mol. The lowest BCUT2D eigenvalue weighted by Gasteiger charge is -2.15. The second-order valence-electron chi connectivity index (χ2n) is 2.63. The first kappa shape index (κ1) is 7.50. The molecule has 0 unspecified atom stereocenters. The molecule has 1 heterocycles. The predicted octanol–water partition coefficient (Wildman–Crippen LogP) is 0.598. The van der Waals surface area contributed by atoms with Crippen LogP contribution in [0.25, 0.3) is 0 Å². The van der Waals surface area contributed by atoms with Crippen molar-refractivity contribution in [3.05, 3.63) is 0 Å². The molecule has 0 aromatic carbocycles. The van der Waals surface area contributed by atoms with Crippen molar-refractivity contribution in [3.63, 3.8) is 0 Å². The SMILES string of the molecule is CC1(C)OC[C@H](C=NO)O1. The number of hydrogen-bond acceptors (Lipinski definition) is 4. The van der Waals surface area contributed by atoms with Gasteiger partial charge in [0.05, 0.1) is 12.8 Å². The lowest BCUT2D eigenvalue weighted by atomic mass is 10.4. The Morgan fingerprint density at radius 1 is 1.70 bits per heavy atom. The van der Waals surface area contributed by atoms with Crippen LogP contribution in [0, 0.1) is 0 Å². The molecule has 1 rings (SSSR count). The first-order valence-electron chi connectivity index (χ1n) is 3.13. The Kier molecular flexibility index (Phi) is 1.92. The van der Waals surface area contributed by atoms with Crippen LogP contribution in [-0.2, 0) is 9.47 Å². The third-order valence-corrected chi connectivity index (χ3v) is 1.26. The molecule has 0 bridgehead atoms. The molecule has 0 amide bonds. The van der Waals surface area contributed by atoms with E-state index in [0.717, 1.165) is 0 Å². The zero-order valence-corrected chi connectivity index (χ0v) is 6.07. The highest BCUT2D eigenvalue weighted by molar-refractivity contribution is 5.62. The molecule has 0 aromatic rings. The summed E-state index contributed by atoms with van der Waals surface area (Å²) in [6.07, 6.45) is 1.11. The van der Waals surface area contributed by atoms with Gasteiger partial charge in [0.25, 0.3) is 0 Å². The Morgan fingerprint density at radius 3 is 2.80 bits per heavy atom. The molecule has 58 valence electrons. The monoisotopic (exact) mass is 145 g/mol. The quantitative estimate of drug-likeness (QED) is 0.334. The van der Waals surface area contributed by atoms with Crippen molar-refractivity contribution >= 4 is 6.21 Å². The number of nitrogens with zero attached hydrogens (tertiary/aromatic N) is 1. The molecule has 4 nitrogen and oxygen atoms in total. The van der Waals surface area contributed by atoms with Crippen LogP contribution in [-0.4, -0.2) is 29.9 Å². The van der Waals surface area contributed by atoms with Gasteiger partial charge in [-0.15, -0.1) is 0 Å². The minimum absolute atomic E-state index is 0.208. The van der Waals surface area contributed by atoms with Crippen LogP contribution in [0.5, 0.6) is 0 Å². The fourth-order valence-corrected chi connectivity index (χ4v) is 0.863. The third-order valence-electron chi connectivity index (χ3n) is 1.26. The summed E-state index contributed by atoms with van der Waals surface area (Å²) in [4.78, 5) is 0. The van der Waals surface area contributed by atoms with Crippen molar-refractivity contribution in [3.8, 4) is 0 Å². The van der Waals surface area contributed by atoms with Crippen molar-refractivity contribution in [2.75, 3.05) is 6.61 Å². The van der Waals surface area contributed by atoms with Crippen LogP contribution in [0.3, 0.4) is 0 Å². The van der Waals surface area contributed by atoms with Crippen molar-refractivity contribution in [2.45, 2.75) is 25.7 Å². The van der Waals surface area contributed by atoms with Gasteiger partial charge in [-0.1, -0.05) is 5.16 Å². The van der Waals surface area contributed by atoms with Gasteiger partial charge in [-0.25, -0.2) is 0 Å². The second kappa shape index (κ2) is 2.56. The van der Waals surface area contributed by atoms with E-state index in [1.807, 2.05) is 13.8 Å². The molecule has 0 spiro atoms. The van der Waals surface area contributed by atoms with Gasteiger partial charge in [-0.05, 0) is 13.8 Å². The Balaban J connectivity index is 2.43. The predicted molar refractivity (Wildman–Crippen MR) is 35.2 cm³/mol. The minimum Gasteiger partial charge on any atom is -0.411 e. The van der Waals surface area contributed by atoms with Gasteiger partial charge in [-0.3, -0.25) is 0 Å². The van der Waals surface area contributed by atoms with E-state index in [2.05, 4.69) is 5.16 Å². The van der Waals surface area contributed by atoms with Gasteiger partial charge < -0.3 is 14.7 Å². The van der Waals surface area contributed by atoms with Crippen molar-refractivity contribution < 1.29 is 14.7 Å². The average Bonchev–Trinajstić information content (AvgIpc) is 2.12. The topological polar surface area (TPSA) is 51.0 Å². The summed E-state index contributed by atoms with van der Waals surface area (Å²) in [6.45, 7) is 4.09. The first-order chi connectivity index (χ1) is 4.64. The van der Waals surface area contributed by atoms with E-state index in [9.17, 15) is 0 Å². The number of hydrogen-bond donors (Lipinski definition) is 1. The molecule has 1 N–H and O–H groups in total. The van der Waals surface area contributed by atoms with E-state index in [1.54, 1.807) is 0 Å². The molecular weight excluding hydrogens is 134 g/mol. The Labute approximate surface area is 59.4 Å². The summed E-state index contributed by atoms with van der Waals surface area (Å²) in [5, 5.41) is 11.0. The van der Waals surface area contributed by atoms with Gasteiger partial charge in [0, 0.05) is 0 Å². The standard InChI is InChI=1S/C6H11NO3/c1-6(2)9-4-5(10-6)3-7-8/h3,5,8H,4H2,1-2H3/t5-/m0/s1. The molecule has 0 aliphatic carbocycles. The summed E-state index contributed by atoms with van der Waals surface area (Å²) >= 11 is 0. The molecule has 1 atom stereocenters. The van der Waals surface area contributed by atoms with Gasteiger partial charge in [0.2, 0.25) is 0 Å². The van der Waals surface area contributed by atoms with Crippen LogP contribution in [0.1, 0.15) is 13.8 Å². The van der Waals surface area contributed by atoms with Crippen LogP contribution in [0.4, 0.5) is 0 Å². The highest BCUT2D eigenvalue weighted by atomic mass is 16.7. The zero-order chi connectivity index (χ0) is 7.61. The number of rotatable bonds is 1. The molecule has 1 aliphatic rings. The lowest BCUT2D eigenvalue weighted by Crippen LogP contribution is -2.21. The third kappa shape index (κ3) is 1.68. The molecule has 1 aliphatic heterocycles. The van der Waals surface area contributed by atoms with E-state index >= 15 is 0 Å². The highest BCUT2D eigenvalue weighted by Crippen LogP contribution is 2.20. The van der Waals surface area contributed by atoms with Crippen molar-refractivity contribution in [1.29, 1.82) is 0 Å². The molecule has 1 fully saturated rings. The smallest absolute Gasteiger partial charge is 0.163 e. The van der Waals surface area contributed by atoms with Crippen LogP contribution in [0.15, 0.2) is 5.16 Å². The maximum Gasteiger partial charge on any atom is 0.163 e. The van der Waals surface area contributed by atoms with E-state index in [4.69, 9.17) is 14.7 Å². The molecule has 0 aromatic heterocycles. The van der Waals surface area contributed by atoms with Gasteiger partial charge in [0.15, 0.2) is 5.79 Å². The maximum atomic E-state index is 8.13. The molecular formula is C6H11NO3. The normalized spacial score (nSPS) is 31.6. The highest BCUT2D eigenvalue weighted by Gasteiger charge is 2.31. The summed E-state index contributed by atoms with van der Waals surface area (Å²) < 4.78 is 10.4. The summed E-state index contributed by atoms with van der Waals surface area (Å²) in [5.74, 6) is -0.536. The number of oxime groups is 1. The Bertz CT molecular complexity index is 144. The van der Waals surface area contributed by atoms with Crippen molar-refractivity contribution in [2.24, 2.45) is 5.16 Å².